The molecule has 35 heavy (non-hydrogen) atoms. The summed E-state index contributed by atoms with van der Waals surface area (Å²) in [4.78, 5) is 14.7. The van der Waals surface area contributed by atoms with Crippen molar-refractivity contribution in [2.45, 2.75) is 57.8 Å². The fourth-order valence-corrected chi connectivity index (χ4v) is 6.04. The van der Waals surface area contributed by atoms with Crippen LogP contribution in [-0.2, 0) is 9.53 Å². The van der Waals surface area contributed by atoms with Crippen molar-refractivity contribution < 1.29 is 28.6 Å². The molecular formula is C27H38N2O6. The van der Waals surface area contributed by atoms with Crippen molar-refractivity contribution in [2.24, 2.45) is 16.7 Å². The van der Waals surface area contributed by atoms with Crippen molar-refractivity contribution in [3.8, 4) is 11.6 Å². The van der Waals surface area contributed by atoms with Gasteiger partial charge < -0.3 is 28.7 Å². The van der Waals surface area contributed by atoms with Crippen molar-refractivity contribution in [3.63, 3.8) is 0 Å². The zero-order valence-corrected chi connectivity index (χ0v) is 20.8. The summed E-state index contributed by atoms with van der Waals surface area (Å²) in [5.74, 6) is 1.55. The molecule has 2 aliphatic carbocycles. The second-order valence-corrected chi connectivity index (χ2v) is 10.9. The molecule has 0 spiro atoms. The molecule has 0 radical (unpaired) electrons. The van der Waals surface area contributed by atoms with E-state index in [-0.39, 0.29) is 23.4 Å². The number of carbonyl (C=O) groups excluding carboxylic acids is 1. The van der Waals surface area contributed by atoms with Crippen LogP contribution in [0.1, 0.15) is 57.8 Å². The number of aliphatic hydroxyl groups excluding tert-OH is 1. The number of carbonyl (C=O) groups is 1. The first-order valence-electron chi connectivity index (χ1n) is 13.1. The number of hydrogen-bond acceptors (Lipinski definition) is 8. The van der Waals surface area contributed by atoms with Crippen LogP contribution in [0.15, 0.2) is 22.7 Å². The van der Waals surface area contributed by atoms with Gasteiger partial charge in [-0.25, -0.2) is 0 Å². The zero-order valence-electron chi connectivity index (χ0n) is 20.8. The topological polar surface area (TPSA) is 94.3 Å². The number of nitrogens with zero attached hydrogens (tertiary/aromatic N) is 2. The predicted molar refractivity (Wildman–Crippen MR) is 130 cm³/mol. The number of piperidine rings is 1. The highest BCUT2D eigenvalue weighted by atomic mass is 16.5. The summed E-state index contributed by atoms with van der Waals surface area (Å²) in [6.45, 7) is 3.94. The lowest BCUT2D eigenvalue weighted by Gasteiger charge is -2.44. The van der Waals surface area contributed by atoms with Gasteiger partial charge in [-0.15, -0.1) is 0 Å². The minimum atomic E-state index is -0.290. The lowest BCUT2D eigenvalue weighted by Crippen LogP contribution is -2.50. The molecule has 1 N–H and O–H groups in total. The molecule has 2 aromatic rings. The molecule has 192 valence electrons. The SMILES string of the molecule is COC(=O)C1(CN2CCC(COc3noc4cccc(OCC5(CO)CCCC5)c34)CC2)CCC1. The summed E-state index contributed by atoms with van der Waals surface area (Å²) >= 11 is 0. The molecule has 3 aliphatic rings. The van der Waals surface area contributed by atoms with E-state index in [9.17, 15) is 9.90 Å². The number of hydrogen-bond donors (Lipinski definition) is 1. The van der Waals surface area contributed by atoms with Crippen LogP contribution in [0.2, 0.25) is 0 Å². The summed E-state index contributed by atoms with van der Waals surface area (Å²) < 4.78 is 23.0. The number of aliphatic hydroxyl groups is 1. The second kappa shape index (κ2) is 10.3. The van der Waals surface area contributed by atoms with Gasteiger partial charge in [0.15, 0.2) is 5.58 Å². The highest BCUT2D eigenvalue weighted by Gasteiger charge is 2.46. The Morgan fingerprint density at radius 1 is 1.14 bits per heavy atom. The van der Waals surface area contributed by atoms with Crippen LogP contribution in [0.25, 0.3) is 11.0 Å². The fourth-order valence-electron chi connectivity index (χ4n) is 6.04. The standard InChI is InChI=1S/C27H38N2O6/c1-32-25(31)27(12-5-13-27)17-29-14-8-20(9-15-29)16-33-24-23-21(6-4-7-22(23)35-28-24)34-19-26(18-30)10-2-3-11-26/h4,6-7,20,30H,2-3,5,8-19H2,1H3. The largest absolute Gasteiger partial charge is 0.492 e. The number of likely N-dealkylation sites (tertiary alicyclic amines) is 1. The molecule has 2 heterocycles. The van der Waals surface area contributed by atoms with Gasteiger partial charge in [-0.2, -0.15) is 0 Å². The minimum Gasteiger partial charge on any atom is -0.492 e. The van der Waals surface area contributed by atoms with Crippen molar-refractivity contribution in [1.29, 1.82) is 0 Å². The Balaban J connectivity index is 1.16. The summed E-state index contributed by atoms with van der Waals surface area (Å²) in [6.07, 6.45) is 9.29. The average molecular weight is 487 g/mol. The average Bonchev–Trinajstić information content (AvgIpc) is 3.52. The number of esters is 1. The Kier molecular flexibility index (Phi) is 7.21. The number of ether oxygens (including phenoxy) is 3. The van der Waals surface area contributed by atoms with Crippen LogP contribution >= 0.6 is 0 Å². The van der Waals surface area contributed by atoms with E-state index in [2.05, 4.69) is 10.1 Å². The van der Waals surface area contributed by atoms with Gasteiger partial charge in [-0.05, 0) is 74.8 Å². The van der Waals surface area contributed by atoms with E-state index >= 15 is 0 Å². The van der Waals surface area contributed by atoms with E-state index in [0.717, 1.165) is 82.8 Å². The maximum atomic E-state index is 12.3. The number of methoxy groups -OCH3 is 1. The Morgan fingerprint density at radius 3 is 2.57 bits per heavy atom. The molecule has 1 aliphatic heterocycles. The van der Waals surface area contributed by atoms with Crippen LogP contribution in [0.4, 0.5) is 0 Å². The lowest BCUT2D eigenvalue weighted by atomic mass is 9.68. The molecule has 1 aromatic carbocycles. The molecule has 8 nitrogen and oxygen atoms in total. The van der Waals surface area contributed by atoms with Gasteiger partial charge in [0.25, 0.3) is 5.88 Å². The normalized spacial score (nSPS) is 22.1. The van der Waals surface area contributed by atoms with Gasteiger partial charge in [0.1, 0.15) is 11.1 Å². The number of aromatic nitrogens is 1. The van der Waals surface area contributed by atoms with Crippen molar-refractivity contribution >= 4 is 16.9 Å². The van der Waals surface area contributed by atoms with E-state index in [1.54, 1.807) is 0 Å². The third-order valence-corrected chi connectivity index (χ3v) is 8.58. The number of rotatable bonds is 10. The molecule has 3 fully saturated rings. The van der Waals surface area contributed by atoms with Crippen LogP contribution in [0.3, 0.4) is 0 Å². The Hall–Kier alpha value is -2.32. The van der Waals surface area contributed by atoms with E-state index in [1.807, 2.05) is 18.2 Å². The molecule has 0 unspecified atom stereocenters. The van der Waals surface area contributed by atoms with Crippen LogP contribution in [0, 0.1) is 16.7 Å². The van der Waals surface area contributed by atoms with Crippen molar-refractivity contribution in [2.75, 3.05) is 46.6 Å². The Labute approximate surface area is 206 Å². The lowest BCUT2D eigenvalue weighted by molar-refractivity contribution is -0.160. The Bertz CT molecular complexity index is 1000. The van der Waals surface area contributed by atoms with Gasteiger partial charge in [0.2, 0.25) is 0 Å². The molecule has 5 rings (SSSR count). The first kappa shape index (κ1) is 24.4. The van der Waals surface area contributed by atoms with Gasteiger partial charge in [-0.1, -0.05) is 25.3 Å². The van der Waals surface area contributed by atoms with E-state index in [0.29, 0.717) is 36.3 Å². The first-order chi connectivity index (χ1) is 17.1. The van der Waals surface area contributed by atoms with Crippen LogP contribution < -0.4 is 9.47 Å². The van der Waals surface area contributed by atoms with Crippen LogP contribution in [-0.4, -0.2) is 67.7 Å². The molecule has 1 saturated heterocycles. The molecule has 0 bridgehead atoms. The van der Waals surface area contributed by atoms with Crippen LogP contribution in [0.5, 0.6) is 11.6 Å². The molecule has 0 atom stereocenters. The van der Waals surface area contributed by atoms with Gasteiger partial charge in [-0.3, -0.25) is 4.79 Å². The van der Waals surface area contributed by atoms with E-state index in [4.69, 9.17) is 18.7 Å². The first-order valence-corrected chi connectivity index (χ1v) is 13.1. The molecule has 1 aromatic heterocycles. The molecule has 2 saturated carbocycles. The second-order valence-electron chi connectivity index (χ2n) is 10.9. The zero-order chi connectivity index (χ0) is 24.3. The smallest absolute Gasteiger partial charge is 0.313 e. The van der Waals surface area contributed by atoms with E-state index in [1.165, 1.54) is 7.11 Å². The third-order valence-electron chi connectivity index (χ3n) is 8.58. The summed E-state index contributed by atoms with van der Waals surface area (Å²) in [5.41, 5.74) is 0.201. The molecule has 8 heteroatoms. The van der Waals surface area contributed by atoms with Gasteiger partial charge in [0.05, 0.1) is 32.3 Å². The highest BCUT2D eigenvalue weighted by Crippen LogP contribution is 2.43. The third kappa shape index (κ3) is 5.00. The maximum Gasteiger partial charge on any atom is 0.313 e. The van der Waals surface area contributed by atoms with Gasteiger partial charge in [0, 0.05) is 12.0 Å². The number of fused-ring (bicyclic) bond motifs is 1. The maximum absolute atomic E-state index is 12.3. The summed E-state index contributed by atoms with van der Waals surface area (Å²) in [5, 5.41) is 14.9. The predicted octanol–water partition coefficient (Wildman–Crippen LogP) is 4.19. The Morgan fingerprint density at radius 2 is 1.91 bits per heavy atom. The minimum absolute atomic E-state index is 0.0528. The van der Waals surface area contributed by atoms with Crippen molar-refractivity contribution in [3.05, 3.63) is 18.2 Å². The summed E-state index contributed by atoms with van der Waals surface area (Å²) in [7, 11) is 1.50. The van der Waals surface area contributed by atoms with Gasteiger partial charge >= 0.3 is 5.97 Å². The quantitative estimate of drug-likeness (QED) is 0.500. The fraction of sp³-hybridized carbons (Fsp3) is 0.704. The van der Waals surface area contributed by atoms with E-state index < -0.39 is 0 Å². The highest BCUT2D eigenvalue weighted by molar-refractivity contribution is 5.88. The molecular weight excluding hydrogens is 448 g/mol. The summed E-state index contributed by atoms with van der Waals surface area (Å²) in [6, 6.07) is 5.68. The monoisotopic (exact) mass is 486 g/mol. The van der Waals surface area contributed by atoms with Crippen molar-refractivity contribution in [1.82, 2.24) is 10.1 Å². The number of benzene rings is 1. The molecule has 0 amide bonds.